The lowest BCUT2D eigenvalue weighted by Gasteiger charge is -2.29. The number of rotatable bonds is 14. The van der Waals surface area contributed by atoms with Gasteiger partial charge in [0.15, 0.2) is 0 Å². The van der Waals surface area contributed by atoms with Crippen LogP contribution in [-0.2, 0) is 25.9 Å². The average Bonchev–Trinajstić information content (AvgIpc) is 2.96. The maximum Gasteiger partial charge on any atom is 0.410 e. The third-order valence-electron chi connectivity index (χ3n) is 6.50. The number of carbonyl (C=O) groups is 2. The molecule has 11 heteroatoms. The number of hydrogen-bond donors (Lipinski definition) is 3. The molecule has 0 aliphatic heterocycles. The van der Waals surface area contributed by atoms with Gasteiger partial charge in [0.2, 0.25) is 10.0 Å². The van der Waals surface area contributed by atoms with Crippen molar-refractivity contribution in [2.45, 2.75) is 45.8 Å². The minimum absolute atomic E-state index is 0.0926. The van der Waals surface area contributed by atoms with Crippen molar-refractivity contribution in [1.29, 1.82) is 0 Å². The molecule has 238 valence electrons. The van der Waals surface area contributed by atoms with Crippen LogP contribution in [0.25, 0.3) is 11.1 Å². The molecule has 0 aromatic heterocycles. The van der Waals surface area contributed by atoms with E-state index >= 15 is 0 Å². The highest BCUT2D eigenvalue weighted by Crippen LogP contribution is 2.27. The molecule has 1 atom stereocenters. The van der Waals surface area contributed by atoms with Crippen molar-refractivity contribution in [3.63, 3.8) is 0 Å². The van der Waals surface area contributed by atoms with Crippen LogP contribution in [-0.4, -0.2) is 75.1 Å². The zero-order valence-corrected chi connectivity index (χ0v) is 26.8. The van der Waals surface area contributed by atoms with E-state index in [0.29, 0.717) is 38.4 Å². The normalized spacial score (nSPS) is 12.3. The number of benzene rings is 3. The number of sulfonamides is 1. The van der Waals surface area contributed by atoms with Crippen LogP contribution >= 0.6 is 0 Å². The number of nitrogens with zero attached hydrogens (tertiary/aromatic N) is 1. The van der Waals surface area contributed by atoms with Gasteiger partial charge >= 0.3 is 6.09 Å². The standard InChI is InChI=1S/C33H43N3O7S/c1-6-42-21-19-34-29-22-27(16-17-28(29)31(38)35-44(5,40)41)25-14-12-24(13-15-25)18-20-36(32(39)43-33(2,3)4)23-30(37)26-10-8-7-9-11-26/h7-17,22,30,34,37H,6,18-21,23H2,1-5H3,(H,35,38)/t30-/m0/s1. The average molecular weight is 626 g/mol. The summed E-state index contributed by atoms with van der Waals surface area (Å²) in [7, 11) is -3.73. The van der Waals surface area contributed by atoms with Crippen molar-refractivity contribution in [3.8, 4) is 11.1 Å². The first kappa shape index (κ1) is 34.6. The SMILES string of the molecule is CCOCCNc1cc(-c2ccc(CCN(C[C@H](O)c3ccccc3)C(=O)OC(C)(C)C)cc2)ccc1C(=O)NS(C)(=O)=O. The van der Waals surface area contributed by atoms with Gasteiger partial charge in [-0.05, 0) is 68.5 Å². The van der Waals surface area contributed by atoms with Gasteiger partial charge in [-0.15, -0.1) is 0 Å². The molecule has 0 fully saturated rings. The number of carbonyl (C=O) groups excluding carboxylic acids is 2. The van der Waals surface area contributed by atoms with E-state index in [0.717, 1.165) is 28.5 Å². The summed E-state index contributed by atoms with van der Waals surface area (Å²) in [5.74, 6) is -0.722. The largest absolute Gasteiger partial charge is 0.444 e. The van der Waals surface area contributed by atoms with E-state index in [4.69, 9.17) is 9.47 Å². The minimum atomic E-state index is -3.73. The van der Waals surface area contributed by atoms with Gasteiger partial charge in [-0.3, -0.25) is 4.79 Å². The van der Waals surface area contributed by atoms with Crippen molar-refractivity contribution in [2.24, 2.45) is 0 Å². The van der Waals surface area contributed by atoms with Crippen molar-refractivity contribution >= 4 is 27.7 Å². The van der Waals surface area contributed by atoms with E-state index in [1.54, 1.807) is 39.0 Å². The molecule has 3 aromatic carbocycles. The second-order valence-electron chi connectivity index (χ2n) is 11.4. The first-order valence-electron chi connectivity index (χ1n) is 14.5. The van der Waals surface area contributed by atoms with Crippen LogP contribution < -0.4 is 10.0 Å². The number of aliphatic hydroxyl groups is 1. The van der Waals surface area contributed by atoms with Crippen LogP contribution in [0.5, 0.6) is 0 Å². The Hall–Kier alpha value is -3.93. The fourth-order valence-corrected chi connectivity index (χ4v) is 4.84. The van der Waals surface area contributed by atoms with E-state index in [1.807, 2.05) is 66.2 Å². The van der Waals surface area contributed by atoms with E-state index in [-0.39, 0.29) is 12.1 Å². The number of nitrogens with one attached hydrogen (secondary N) is 2. The number of hydrogen-bond acceptors (Lipinski definition) is 8. The van der Waals surface area contributed by atoms with Crippen LogP contribution in [0.15, 0.2) is 72.8 Å². The van der Waals surface area contributed by atoms with Gasteiger partial charge in [-0.25, -0.2) is 17.9 Å². The van der Waals surface area contributed by atoms with Crippen LogP contribution in [0.3, 0.4) is 0 Å². The molecule has 44 heavy (non-hydrogen) atoms. The summed E-state index contributed by atoms with van der Waals surface area (Å²) in [6, 6.07) is 22.2. The zero-order chi connectivity index (χ0) is 32.3. The first-order chi connectivity index (χ1) is 20.8. The molecule has 0 heterocycles. The zero-order valence-electron chi connectivity index (χ0n) is 26.0. The van der Waals surface area contributed by atoms with Crippen LogP contribution in [0, 0.1) is 0 Å². The quantitative estimate of drug-likeness (QED) is 0.213. The number of anilines is 1. The Labute approximate surface area is 260 Å². The molecule has 3 rings (SSSR count). The molecule has 3 aromatic rings. The van der Waals surface area contributed by atoms with E-state index in [2.05, 4.69) is 5.32 Å². The highest BCUT2D eigenvalue weighted by Gasteiger charge is 2.24. The Morgan fingerprint density at radius 3 is 2.25 bits per heavy atom. The van der Waals surface area contributed by atoms with Gasteiger partial charge in [0.1, 0.15) is 5.60 Å². The van der Waals surface area contributed by atoms with Gasteiger partial charge < -0.3 is 24.8 Å². The van der Waals surface area contributed by atoms with Gasteiger partial charge in [-0.1, -0.05) is 60.7 Å². The van der Waals surface area contributed by atoms with Crippen molar-refractivity contribution in [1.82, 2.24) is 9.62 Å². The van der Waals surface area contributed by atoms with Gasteiger partial charge in [0.05, 0.1) is 31.1 Å². The molecule has 3 N–H and O–H groups in total. The molecule has 0 aliphatic carbocycles. The Kier molecular flexibility index (Phi) is 12.3. The fourth-order valence-electron chi connectivity index (χ4n) is 4.39. The van der Waals surface area contributed by atoms with Gasteiger partial charge in [0, 0.05) is 25.4 Å². The molecule has 0 unspecified atom stereocenters. The second-order valence-corrected chi connectivity index (χ2v) is 13.1. The lowest BCUT2D eigenvalue weighted by atomic mass is 10.00. The molecule has 0 aliphatic rings. The Balaban J connectivity index is 1.76. The maximum absolute atomic E-state index is 13.0. The van der Waals surface area contributed by atoms with Gasteiger partial charge in [-0.2, -0.15) is 0 Å². The summed E-state index contributed by atoms with van der Waals surface area (Å²) < 4.78 is 36.3. The second kappa shape index (κ2) is 15.7. The molecule has 0 saturated heterocycles. The first-order valence-corrected chi connectivity index (χ1v) is 16.4. The Morgan fingerprint density at radius 1 is 0.977 bits per heavy atom. The Bertz CT molecular complexity index is 1490. The number of amides is 2. The summed E-state index contributed by atoms with van der Waals surface area (Å²) in [4.78, 5) is 27.2. The van der Waals surface area contributed by atoms with Crippen LogP contribution in [0.2, 0.25) is 0 Å². The third kappa shape index (κ3) is 11.3. The third-order valence-corrected chi connectivity index (χ3v) is 7.05. The molecular weight excluding hydrogens is 582 g/mol. The highest BCUT2D eigenvalue weighted by atomic mass is 32.2. The molecular formula is C33H43N3O7S. The number of aliphatic hydroxyl groups excluding tert-OH is 1. The maximum atomic E-state index is 13.0. The smallest absolute Gasteiger partial charge is 0.410 e. The topological polar surface area (TPSA) is 134 Å². The molecule has 2 amide bonds. The van der Waals surface area contributed by atoms with Crippen LogP contribution in [0.4, 0.5) is 10.5 Å². The van der Waals surface area contributed by atoms with Crippen molar-refractivity contribution in [3.05, 3.63) is 89.5 Å². The molecule has 0 saturated carbocycles. The van der Waals surface area contributed by atoms with E-state index in [9.17, 15) is 23.1 Å². The molecule has 0 spiro atoms. The predicted octanol–water partition coefficient (Wildman–Crippen LogP) is 5.00. The highest BCUT2D eigenvalue weighted by molar-refractivity contribution is 7.89. The fraction of sp³-hybridized carbons (Fsp3) is 0.394. The lowest BCUT2D eigenvalue weighted by Crippen LogP contribution is -2.40. The summed E-state index contributed by atoms with van der Waals surface area (Å²) in [5.41, 5.74) is 3.43. The van der Waals surface area contributed by atoms with E-state index in [1.165, 1.54) is 4.90 Å². The lowest BCUT2D eigenvalue weighted by molar-refractivity contribution is 0.0147. The van der Waals surface area contributed by atoms with Crippen LogP contribution in [0.1, 0.15) is 55.3 Å². The minimum Gasteiger partial charge on any atom is -0.444 e. The van der Waals surface area contributed by atoms with Crippen molar-refractivity contribution in [2.75, 3.05) is 44.4 Å². The number of ether oxygens (including phenoxy) is 2. The summed E-state index contributed by atoms with van der Waals surface area (Å²) in [5, 5.41) is 14.0. The summed E-state index contributed by atoms with van der Waals surface area (Å²) >= 11 is 0. The molecule has 0 radical (unpaired) electrons. The monoisotopic (exact) mass is 625 g/mol. The predicted molar refractivity (Wildman–Crippen MR) is 172 cm³/mol. The van der Waals surface area contributed by atoms with E-state index < -0.39 is 33.7 Å². The van der Waals surface area contributed by atoms with Crippen molar-refractivity contribution < 1.29 is 32.6 Å². The molecule has 10 nitrogen and oxygen atoms in total. The Morgan fingerprint density at radius 2 is 1.64 bits per heavy atom. The van der Waals surface area contributed by atoms with Gasteiger partial charge in [0.25, 0.3) is 5.91 Å². The molecule has 0 bridgehead atoms. The summed E-state index contributed by atoms with van der Waals surface area (Å²) in [6.45, 7) is 9.15. The summed E-state index contributed by atoms with van der Waals surface area (Å²) in [6.07, 6.45) is 0.121.